The summed E-state index contributed by atoms with van der Waals surface area (Å²) in [7, 11) is 0. The van der Waals surface area contributed by atoms with Crippen LogP contribution in [0.25, 0.3) is 0 Å². The predicted octanol–water partition coefficient (Wildman–Crippen LogP) is 3.45. The molecule has 0 saturated heterocycles. The number of rotatable bonds is 5. The van der Waals surface area contributed by atoms with Crippen molar-refractivity contribution in [2.24, 2.45) is 5.73 Å². The molecule has 0 atom stereocenters. The largest absolute Gasteiger partial charge is 0.366 e. The molecule has 4 amide bonds. The van der Waals surface area contributed by atoms with Crippen molar-refractivity contribution in [1.82, 2.24) is 4.98 Å². The van der Waals surface area contributed by atoms with Gasteiger partial charge in [-0.2, -0.15) is 0 Å². The molecule has 0 aliphatic rings. The maximum atomic E-state index is 12.3. The number of aryl methyl sites for hydroxylation is 1. The van der Waals surface area contributed by atoms with Crippen LogP contribution in [0.4, 0.5) is 21.3 Å². The fourth-order valence-corrected chi connectivity index (χ4v) is 2.93. The van der Waals surface area contributed by atoms with Crippen LogP contribution in [-0.2, 0) is 0 Å². The number of carbonyl (C=O) groups excluding carboxylic acids is 3. The molecule has 0 aliphatic carbocycles. The molecule has 0 bridgehead atoms. The number of primary amides is 1. The fraction of sp³-hybridized carbons (Fsp3) is 0.0526. The molecular weight excluding hydrogens is 378 g/mol. The van der Waals surface area contributed by atoms with E-state index < -0.39 is 17.8 Å². The Morgan fingerprint density at radius 1 is 0.893 bits per heavy atom. The fourth-order valence-electron chi connectivity index (χ4n) is 2.24. The number of thiazole rings is 1. The number of hydrogen-bond acceptors (Lipinski definition) is 5. The van der Waals surface area contributed by atoms with Crippen LogP contribution in [0, 0.1) is 6.92 Å². The average molecular weight is 395 g/mol. The molecule has 3 aromatic rings. The Kier molecular flexibility index (Phi) is 5.66. The highest BCUT2D eigenvalue weighted by atomic mass is 32.1. The van der Waals surface area contributed by atoms with Crippen LogP contribution in [0.15, 0.2) is 53.9 Å². The van der Waals surface area contributed by atoms with Gasteiger partial charge in [0.25, 0.3) is 5.91 Å². The van der Waals surface area contributed by atoms with Crippen LogP contribution in [0.2, 0.25) is 0 Å². The van der Waals surface area contributed by atoms with Crippen molar-refractivity contribution in [2.75, 3.05) is 16.0 Å². The first-order valence-corrected chi connectivity index (χ1v) is 9.10. The van der Waals surface area contributed by atoms with Gasteiger partial charge in [0, 0.05) is 22.3 Å². The van der Waals surface area contributed by atoms with Crippen molar-refractivity contribution in [3.05, 3.63) is 70.7 Å². The summed E-state index contributed by atoms with van der Waals surface area (Å²) < 4.78 is 0. The van der Waals surface area contributed by atoms with E-state index in [2.05, 4.69) is 20.9 Å². The van der Waals surface area contributed by atoms with E-state index in [1.165, 1.54) is 17.5 Å². The second-order valence-corrected chi connectivity index (χ2v) is 6.74. The third-order valence-electron chi connectivity index (χ3n) is 3.69. The molecule has 0 fully saturated rings. The molecule has 2 aromatic carbocycles. The second-order valence-electron chi connectivity index (χ2n) is 5.88. The van der Waals surface area contributed by atoms with Crippen molar-refractivity contribution in [3.8, 4) is 0 Å². The lowest BCUT2D eigenvalue weighted by Gasteiger charge is -2.05. The van der Waals surface area contributed by atoms with Gasteiger partial charge >= 0.3 is 6.03 Å². The number of hydrogen-bond donors (Lipinski definition) is 4. The number of amides is 4. The normalized spacial score (nSPS) is 10.2. The molecule has 9 heteroatoms. The summed E-state index contributed by atoms with van der Waals surface area (Å²) in [6.07, 6.45) is 0. The van der Waals surface area contributed by atoms with Crippen molar-refractivity contribution in [3.63, 3.8) is 0 Å². The lowest BCUT2D eigenvalue weighted by atomic mass is 10.2. The van der Waals surface area contributed by atoms with Crippen LogP contribution in [0.5, 0.6) is 0 Å². The van der Waals surface area contributed by atoms with Crippen LogP contribution in [0.3, 0.4) is 0 Å². The predicted molar refractivity (Wildman–Crippen MR) is 109 cm³/mol. The summed E-state index contributed by atoms with van der Waals surface area (Å²) in [6.45, 7) is 1.96. The molecule has 0 unspecified atom stereocenters. The number of nitrogens with one attached hydrogen (secondary N) is 3. The van der Waals surface area contributed by atoms with E-state index in [0.29, 0.717) is 22.1 Å². The van der Waals surface area contributed by atoms with Crippen molar-refractivity contribution in [1.29, 1.82) is 0 Å². The smallest absolute Gasteiger partial charge is 0.325 e. The highest BCUT2D eigenvalue weighted by molar-refractivity contribution is 7.14. The Morgan fingerprint density at radius 3 is 2.14 bits per heavy atom. The summed E-state index contributed by atoms with van der Waals surface area (Å²) in [5.74, 6) is -0.980. The standard InChI is InChI=1S/C19H17N5O3S/c1-11-2-6-14(7-3-11)22-18(27)24-19-23-15(10-28-19)17(26)21-13-8-4-12(5-9-13)16(20)25/h2-10H,1H3,(H2,20,25)(H,21,26)(H2,22,23,24,27). The lowest BCUT2D eigenvalue weighted by molar-refractivity contribution is 0.0998. The molecule has 1 heterocycles. The van der Waals surface area contributed by atoms with Crippen LogP contribution < -0.4 is 21.7 Å². The lowest BCUT2D eigenvalue weighted by Crippen LogP contribution is -2.19. The van der Waals surface area contributed by atoms with Gasteiger partial charge in [0.1, 0.15) is 5.69 Å². The third-order valence-corrected chi connectivity index (χ3v) is 4.45. The van der Waals surface area contributed by atoms with E-state index in [-0.39, 0.29) is 5.69 Å². The topological polar surface area (TPSA) is 126 Å². The van der Waals surface area contributed by atoms with E-state index in [1.807, 2.05) is 19.1 Å². The number of benzene rings is 2. The SMILES string of the molecule is Cc1ccc(NC(=O)Nc2nc(C(=O)Nc3ccc(C(N)=O)cc3)cs2)cc1. The van der Waals surface area contributed by atoms with Gasteiger partial charge < -0.3 is 16.4 Å². The maximum absolute atomic E-state index is 12.3. The number of aromatic nitrogens is 1. The molecule has 8 nitrogen and oxygen atoms in total. The number of nitrogens with two attached hydrogens (primary N) is 1. The number of anilines is 3. The molecule has 142 valence electrons. The molecule has 1 aromatic heterocycles. The Bertz CT molecular complexity index is 1010. The van der Waals surface area contributed by atoms with Crippen LogP contribution in [-0.4, -0.2) is 22.8 Å². The minimum absolute atomic E-state index is 0.162. The molecule has 0 spiro atoms. The van der Waals surface area contributed by atoms with Crippen LogP contribution >= 0.6 is 11.3 Å². The van der Waals surface area contributed by atoms with Gasteiger partial charge in [0.15, 0.2) is 5.13 Å². The molecule has 5 N–H and O–H groups in total. The van der Waals surface area contributed by atoms with Gasteiger partial charge in [-0.25, -0.2) is 9.78 Å². The third kappa shape index (κ3) is 4.92. The van der Waals surface area contributed by atoms with E-state index in [9.17, 15) is 14.4 Å². The van der Waals surface area contributed by atoms with Crippen molar-refractivity contribution >= 4 is 45.7 Å². The van der Waals surface area contributed by atoms with E-state index in [1.54, 1.807) is 24.3 Å². The Labute approximate surface area is 164 Å². The summed E-state index contributed by atoms with van der Waals surface area (Å²) in [5.41, 5.74) is 7.92. The first-order chi connectivity index (χ1) is 13.4. The first-order valence-electron chi connectivity index (χ1n) is 8.22. The van der Waals surface area contributed by atoms with Crippen LogP contribution in [0.1, 0.15) is 26.4 Å². The summed E-state index contributed by atoms with van der Waals surface area (Å²) in [5, 5.41) is 9.77. The number of carbonyl (C=O) groups is 3. The molecular formula is C19H17N5O3S. The summed E-state index contributed by atoms with van der Waals surface area (Å²) in [4.78, 5) is 39.5. The van der Waals surface area contributed by atoms with Crippen molar-refractivity contribution in [2.45, 2.75) is 6.92 Å². The van der Waals surface area contributed by atoms with E-state index in [0.717, 1.165) is 16.9 Å². The zero-order chi connectivity index (χ0) is 20.1. The van der Waals surface area contributed by atoms with Gasteiger partial charge in [0.05, 0.1) is 0 Å². The minimum atomic E-state index is -0.544. The van der Waals surface area contributed by atoms with Gasteiger partial charge in [-0.15, -0.1) is 11.3 Å². The number of nitrogens with zero attached hydrogens (tertiary/aromatic N) is 1. The zero-order valence-corrected chi connectivity index (χ0v) is 15.7. The van der Waals surface area contributed by atoms with Gasteiger partial charge in [0.2, 0.25) is 5.91 Å². The summed E-state index contributed by atoms with van der Waals surface area (Å²) >= 11 is 1.13. The van der Waals surface area contributed by atoms with Gasteiger partial charge in [-0.3, -0.25) is 14.9 Å². The quantitative estimate of drug-likeness (QED) is 0.528. The minimum Gasteiger partial charge on any atom is -0.366 e. The Morgan fingerprint density at radius 2 is 1.50 bits per heavy atom. The molecule has 3 rings (SSSR count). The van der Waals surface area contributed by atoms with Gasteiger partial charge in [-0.1, -0.05) is 17.7 Å². The summed E-state index contributed by atoms with van der Waals surface area (Å²) in [6, 6.07) is 13.1. The Balaban J connectivity index is 1.58. The number of urea groups is 1. The average Bonchev–Trinajstić information content (AvgIpc) is 3.12. The van der Waals surface area contributed by atoms with Crippen molar-refractivity contribution < 1.29 is 14.4 Å². The highest BCUT2D eigenvalue weighted by Gasteiger charge is 2.13. The monoisotopic (exact) mass is 395 g/mol. The van der Waals surface area contributed by atoms with E-state index >= 15 is 0 Å². The molecule has 0 radical (unpaired) electrons. The molecule has 28 heavy (non-hydrogen) atoms. The zero-order valence-electron chi connectivity index (χ0n) is 14.9. The van der Waals surface area contributed by atoms with Gasteiger partial charge in [-0.05, 0) is 43.3 Å². The van der Waals surface area contributed by atoms with E-state index in [4.69, 9.17) is 5.73 Å². The Hall–Kier alpha value is -3.72. The highest BCUT2D eigenvalue weighted by Crippen LogP contribution is 2.18. The molecule has 0 aliphatic heterocycles. The maximum Gasteiger partial charge on any atom is 0.325 e. The second kappa shape index (κ2) is 8.31. The molecule has 0 saturated carbocycles. The first kappa shape index (κ1) is 19.1.